The van der Waals surface area contributed by atoms with Gasteiger partial charge in [0.15, 0.2) is 11.5 Å². The van der Waals surface area contributed by atoms with Crippen LogP contribution in [0.25, 0.3) is 0 Å². The summed E-state index contributed by atoms with van der Waals surface area (Å²) < 4.78 is 16.1. The van der Waals surface area contributed by atoms with E-state index in [-0.39, 0.29) is 5.91 Å². The fourth-order valence-electron chi connectivity index (χ4n) is 2.64. The highest BCUT2D eigenvalue weighted by atomic mass is 16.5. The summed E-state index contributed by atoms with van der Waals surface area (Å²) in [5, 5.41) is 3.26. The van der Waals surface area contributed by atoms with E-state index in [2.05, 4.69) is 17.2 Å². The maximum atomic E-state index is 12.5. The Hall–Kier alpha value is -2.96. The highest BCUT2D eigenvalue weighted by Crippen LogP contribution is 2.40. The van der Waals surface area contributed by atoms with Gasteiger partial charge in [-0.25, -0.2) is 0 Å². The number of aromatic nitrogens is 1. The minimum absolute atomic E-state index is 0.100. The van der Waals surface area contributed by atoms with Gasteiger partial charge in [0.05, 0.1) is 21.3 Å². The molecule has 1 N–H and O–H groups in total. The second-order valence-electron chi connectivity index (χ2n) is 6.05. The molecule has 0 atom stereocenters. The summed E-state index contributed by atoms with van der Waals surface area (Å²) in [5.41, 5.74) is 1.88. The van der Waals surface area contributed by atoms with Crippen LogP contribution in [0, 0.1) is 0 Å². The maximum absolute atomic E-state index is 12.5. The van der Waals surface area contributed by atoms with Gasteiger partial charge in [0, 0.05) is 43.3 Å². The van der Waals surface area contributed by atoms with Crippen LogP contribution in [0.1, 0.15) is 30.3 Å². The van der Waals surface area contributed by atoms with E-state index in [1.807, 2.05) is 0 Å². The number of ether oxygens (including phenoxy) is 3. The first-order chi connectivity index (χ1) is 13.0. The van der Waals surface area contributed by atoms with Crippen molar-refractivity contribution in [2.75, 3.05) is 40.2 Å². The quantitative estimate of drug-likeness (QED) is 0.722. The number of methoxy groups -OCH3 is 3. The molecular formula is C20H27N3O4. The summed E-state index contributed by atoms with van der Waals surface area (Å²) >= 11 is 0. The lowest BCUT2D eigenvalue weighted by Gasteiger charge is -2.17. The number of anilines is 2. The van der Waals surface area contributed by atoms with Gasteiger partial charge in [-0.15, -0.1) is 0 Å². The molecule has 0 bridgehead atoms. The topological polar surface area (TPSA) is 72.9 Å². The molecule has 1 amide bonds. The van der Waals surface area contributed by atoms with Crippen LogP contribution in [0.4, 0.5) is 11.4 Å². The highest BCUT2D eigenvalue weighted by Gasteiger charge is 2.15. The first kappa shape index (κ1) is 20.4. The molecule has 0 unspecified atom stereocenters. The number of hydrogen-bond acceptors (Lipinski definition) is 6. The molecule has 146 valence electrons. The minimum Gasteiger partial charge on any atom is -0.493 e. The van der Waals surface area contributed by atoms with Gasteiger partial charge in [-0.3, -0.25) is 9.78 Å². The van der Waals surface area contributed by atoms with Crippen molar-refractivity contribution in [3.8, 4) is 17.2 Å². The lowest BCUT2D eigenvalue weighted by Crippen LogP contribution is -2.28. The number of nitrogens with one attached hydrogen (secondary N) is 1. The molecule has 0 saturated carbocycles. The van der Waals surface area contributed by atoms with Crippen LogP contribution < -0.4 is 19.5 Å². The predicted octanol–water partition coefficient (Wildman–Crippen LogP) is 3.72. The SMILES string of the molecule is CCCCN(C)C(=O)c1cc(Nc2cc(OC)c(OC)c(OC)c2)ccn1. The number of pyridine rings is 1. The number of benzene rings is 1. The molecule has 1 aromatic heterocycles. The van der Waals surface area contributed by atoms with Gasteiger partial charge < -0.3 is 24.4 Å². The largest absolute Gasteiger partial charge is 0.493 e. The van der Waals surface area contributed by atoms with Gasteiger partial charge in [-0.05, 0) is 18.6 Å². The average molecular weight is 373 g/mol. The van der Waals surface area contributed by atoms with Gasteiger partial charge >= 0.3 is 0 Å². The molecule has 2 rings (SSSR count). The summed E-state index contributed by atoms with van der Waals surface area (Å²) in [4.78, 5) is 18.4. The Morgan fingerprint density at radius 2 is 1.74 bits per heavy atom. The summed E-state index contributed by atoms with van der Waals surface area (Å²) in [6.07, 6.45) is 3.61. The van der Waals surface area contributed by atoms with Gasteiger partial charge in [-0.1, -0.05) is 13.3 Å². The Balaban J connectivity index is 2.24. The van der Waals surface area contributed by atoms with Gasteiger partial charge in [0.1, 0.15) is 5.69 Å². The van der Waals surface area contributed by atoms with Gasteiger partial charge in [0.25, 0.3) is 5.91 Å². The smallest absolute Gasteiger partial charge is 0.272 e. The van der Waals surface area contributed by atoms with Crippen molar-refractivity contribution in [3.63, 3.8) is 0 Å². The molecule has 1 aromatic carbocycles. The summed E-state index contributed by atoms with van der Waals surface area (Å²) in [7, 11) is 6.48. The van der Waals surface area contributed by atoms with Gasteiger partial charge in [-0.2, -0.15) is 0 Å². The molecule has 0 aliphatic carbocycles. The van der Waals surface area contributed by atoms with Crippen LogP contribution in [0.2, 0.25) is 0 Å². The molecule has 0 saturated heterocycles. The third-order valence-corrected chi connectivity index (χ3v) is 4.13. The second-order valence-corrected chi connectivity index (χ2v) is 6.05. The Morgan fingerprint density at radius 3 is 2.30 bits per heavy atom. The zero-order valence-corrected chi connectivity index (χ0v) is 16.5. The number of carbonyl (C=O) groups excluding carboxylic acids is 1. The number of unbranched alkanes of at least 4 members (excludes halogenated alkanes) is 1. The van der Waals surface area contributed by atoms with E-state index in [4.69, 9.17) is 14.2 Å². The molecule has 27 heavy (non-hydrogen) atoms. The van der Waals surface area contributed by atoms with Crippen molar-refractivity contribution in [2.24, 2.45) is 0 Å². The Labute approximate surface area is 160 Å². The lowest BCUT2D eigenvalue weighted by molar-refractivity contribution is 0.0787. The molecule has 7 nitrogen and oxygen atoms in total. The van der Waals surface area contributed by atoms with E-state index >= 15 is 0 Å². The fourth-order valence-corrected chi connectivity index (χ4v) is 2.64. The first-order valence-corrected chi connectivity index (χ1v) is 8.82. The average Bonchev–Trinajstić information content (AvgIpc) is 2.70. The van der Waals surface area contributed by atoms with Crippen molar-refractivity contribution in [1.29, 1.82) is 0 Å². The number of carbonyl (C=O) groups is 1. The van der Waals surface area contributed by atoms with Crippen molar-refractivity contribution < 1.29 is 19.0 Å². The minimum atomic E-state index is -0.100. The van der Waals surface area contributed by atoms with Crippen molar-refractivity contribution in [3.05, 3.63) is 36.2 Å². The zero-order chi connectivity index (χ0) is 19.8. The number of hydrogen-bond donors (Lipinski definition) is 1. The van der Waals surface area contributed by atoms with E-state index in [1.165, 1.54) is 0 Å². The van der Waals surface area contributed by atoms with E-state index < -0.39 is 0 Å². The van der Waals surface area contributed by atoms with E-state index in [0.717, 1.165) is 24.2 Å². The van der Waals surface area contributed by atoms with E-state index in [1.54, 1.807) is 63.7 Å². The molecule has 2 aromatic rings. The van der Waals surface area contributed by atoms with Crippen LogP contribution in [0.3, 0.4) is 0 Å². The molecule has 0 fully saturated rings. The predicted molar refractivity (Wildman–Crippen MR) is 105 cm³/mol. The van der Waals surface area contributed by atoms with E-state index in [9.17, 15) is 4.79 Å². The first-order valence-electron chi connectivity index (χ1n) is 8.82. The maximum Gasteiger partial charge on any atom is 0.272 e. The monoisotopic (exact) mass is 373 g/mol. The third kappa shape index (κ3) is 5.03. The molecule has 1 heterocycles. The Morgan fingerprint density at radius 1 is 1.07 bits per heavy atom. The summed E-state index contributed by atoms with van der Waals surface area (Å²) in [6.45, 7) is 2.81. The standard InChI is InChI=1S/C20H27N3O4/c1-6-7-10-23(2)20(24)16-11-14(8-9-21-16)22-15-12-17(25-3)19(27-5)18(13-15)26-4/h8-9,11-13H,6-7,10H2,1-5H3,(H,21,22). The van der Waals surface area contributed by atoms with Gasteiger partial charge in [0.2, 0.25) is 5.75 Å². The van der Waals surface area contributed by atoms with Crippen molar-refractivity contribution in [1.82, 2.24) is 9.88 Å². The fraction of sp³-hybridized carbons (Fsp3) is 0.400. The highest BCUT2D eigenvalue weighted by molar-refractivity contribution is 5.93. The van der Waals surface area contributed by atoms with Crippen LogP contribution in [-0.2, 0) is 0 Å². The molecule has 0 spiro atoms. The van der Waals surface area contributed by atoms with Crippen molar-refractivity contribution >= 4 is 17.3 Å². The van der Waals surface area contributed by atoms with E-state index in [0.29, 0.717) is 29.5 Å². The molecule has 7 heteroatoms. The number of amides is 1. The molecule has 0 aliphatic heterocycles. The molecule has 0 aliphatic rings. The Bertz CT molecular complexity index is 755. The number of nitrogens with zero attached hydrogens (tertiary/aromatic N) is 2. The van der Waals surface area contributed by atoms with Crippen LogP contribution in [-0.4, -0.2) is 50.7 Å². The van der Waals surface area contributed by atoms with Crippen LogP contribution >= 0.6 is 0 Å². The third-order valence-electron chi connectivity index (χ3n) is 4.13. The molecular weight excluding hydrogens is 346 g/mol. The summed E-state index contributed by atoms with van der Waals surface area (Å²) in [6, 6.07) is 7.13. The lowest BCUT2D eigenvalue weighted by atomic mass is 10.2. The normalized spacial score (nSPS) is 10.3. The van der Waals surface area contributed by atoms with Crippen molar-refractivity contribution in [2.45, 2.75) is 19.8 Å². The second kappa shape index (κ2) is 9.66. The zero-order valence-electron chi connectivity index (χ0n) is 16.5. The summed E-state index contributed by atoms with van der Waals surface area (Å²) in [5.74, 6) is 1.51. The Kier molecular flexibility index (Phi) is 7.28. The van der Waals surface area contributed by atoms with Crippen LogP contribution in [0.15, 0.2) is 30.5 Å². The molecule has 0 radical (unpaired) electrons. The van der Waals surface area contributed by atoms with Crippen LogP contribution in [0.5, 0.6) is 17.2 Å². The number of rotatable bonds is 9.